The number of anilines is 1. The number of esters is 1. The Hall–Kier alpha value is -2.75. The van der Waals surface area contributed by atoms with Crippen LogP contribution in [0.2, 0.25) is 0 Å². The zero-order valence-corrected chi connectivity index (χ0v) is 15.1. The zero-order chi connectivity index (χ0) is 17.9. The Morgan fingerprint density at radius 3 is 2.54 bits per heavy atom. The summed E-state index contributed by atoms with van der Waals surface area (Å²) in [6.45, 7) is 3.11. The molecule has 1 aromatic heterocycles. The van der Waals surface area contributed by atoms with Crippen LogP contribution in [0.5, 0.6) is 0 Å². The van der Waals surface area contributed by atoms with Gasteiger partial charge in [-0.15, -0.1) is 0 Å². The molecule has 0 N–H and O–H groups in total. The maximum Gasteiger partial charge on any atom is 0.340 e. The van der Waals surface area contributed by atoms with Gasteiger partial charge in [0.25, 0.3) is 0 Å². The van der Waals surface area contributed by atoms with Gasteiger partial charge in [-0.3, -0.25) is 0 Å². The fourth-order valence-electron chi connectivity index (χ4n) is 3.98. The van der Waals surface area contributed by atoms with Crippen LogP contribution < -0.4 is 4.90 Å². The van der Waals surface area contributed by atoms with Gasteiger partial charge in [0.1, 0.15) is 0 Å². The number of ether oxygens (including phenoxy) is 1. The van der Waals surface area contributed by atoms with Gasteiger partial charge in [-0.05, 0) is 43.0 Å². The van der Waals surface area contributed by atoms with E-state index in [2.05, 4.69) is 58.1 Å². The van der Waals surface area contributed by atoms with Crippen molar-refractivity contribution in [1.82, 2.24) is 4.57 Å². The van der Waals surface area contributed by atoms with Crippen LogP contribution in [0.4, 0.5) is 5.69 Å². The first kappa shape index (κ1) is 16.7. The minimum Gasteiger partial charge on any atom is -0.465 e. The first-order valence-electron chi connectivity index (χ1n) is 9.22. The number of nitrogens with zero attached hydrogens (tertiary/aromatic N) is 2. The van der Waals surface area contributed by atoms with Crippen molar-refractivity contribution in [3.8, 4) is 0 Å². The third kappa shape index (κ3) is 3.19. The van der Waals surface area contributed by atoms with E-state index in [0.29, 0.717) is 11.5 Å². The second kappa shape index (κ2) is 7.24. The van der Waals surface area contributed by atoms with Crippen molar-refractivity contribution in [3.05, 3.63) is 66.4 Å². The van der Waals surface area contributed by atoms with Gasteiger partial charge in [0.2, 0.25) is 0 Å². The molecule has 0 amide bonds. The van der Waals surface area contributed by atoms with Crippen molar-refractivity contribution < 1.29 is 9.53 Å². The number of para-hydroxylation sites is 2. The topological polar surface area (TPSA) is 34.5 Å². The van der Waals surface area contributed by atoms with Crippen molar-refractivity contribution in [1.29, 1.82) is 0 Å². The highest BCUT2D eigenvalue weighted by molar-refractivity contribution is 6.03. The molecule has 1 saturated heterocycles. The van der Waals surface area contributed by atoms with Gasteiger partial charge in [0.15, 0.2) is 0 Å². The zero-order valence-electron chi connectivity index (χ0n) is 15.1. The van der Waals surface area contributed by atoms with Gasteiger partial charge in [-0.1, -0.05) is 30.3 Å². The molecule has 1 aliphatic heterocycles. The molecule has 0 aliphatic carbocycles. The molecule has 1 aliphatic rings. The predicted molar refractivity (Wildman–Crippen MR) is 105 cm³/mol. The molecule has 4 heteroatoms. The van der Waals surface area contributed by atoms with Crippen LogP contribution in [0.1, 0.15) is 23.2 Å². The number of hydrogen-bond donors (Lipinski definition) is 0. The van der Waals surface area contributed by atoms with E-state index >= 15 is 0 Å². The van der Waals surface area contributed by atoms with Gasteiger partial charge in [0.05, 0.1) is 18.2 Å². The lowest BCUT2D eigenvalue weighted by molar-refractivity contribution is 0.0602. The highest BCUT2D eigenvalue weighted by Gasteiger charge is 2.21. The second-order valence-corrected chi connectivity index (χ2v) is 6.97. The van der Waals surface area contributed by atoms with Gasteiger partial charge in [0, 0.05) is 36.9 Å². The van der Waals surface area contributed by atoms with E-state index in [4.69, 9.17) is 4.74 Å². The molecule has 0 bridgehead atoms. The Balaban J connectivity index is 1.49. The number of hydrogen-bond acceptors (Lipinski definition) is 3. The third-order valence-corrected chi connectivity index (χ3v) is 5.38. The molecule has 2 aromatic carbocycles. The van der Waals surface area contributed by atoms with Crippen LogP contribution in [0, 0.1) is 5.92 Å². The number of benzene rings is 2. The molecule has 26 heavy (non-hydrogen) atoms. The molecule has 0 spiro atoms. The van der Waals surface area contributed by atoms with E-state index in [9.17, 15) is 4.79 Å². The molecule has 3 aromatic rings. The molecule has 4 nitrogen and oxygen atoms in total. The fraction of sp³-hybridized carbons (Fsp3) is 0.318. The van der Waals surface area contributed by atoms with Crippen LogP contribution in [-0.4, -0.2) is 30.7 Å². The van der Waals surface area contributed by atoms with E-state index in [1.165, 1.54) is 12.8 Å². The molecule has 0 saturated carbocycles. The maximum absolute atomic E-state index is 12.1. The number of methoxy groups -OCH3 is 1. The summed E-state index contributed by atoms with van der Waals surface area (Å²) in [7, 11) is 1.44. The van der Waals surface area contributed by atoms with Gasteiger partial charge in [-0.2, -0.15) is 0 Å². The summed E-state index contributed by atoms with van der Waals surface area (Å²) in [6, 6.07) is 18.5. The molecular weight excluding hydrogens is 324 g/mol. The SMILES string of the molecule is COC(=O)c1cccc2ccn(CC3CCN(c4ccccc4)CC3)c12. The van der Waals surface area contributed by atoms with E-state index < -0.39 is 0 Å². The van der Waals surface area contributed by atoms with Crippen molar-refractivity contribution in [2.75, 3.05) is 25.1 Å². The lowest BCUT2D eigenvalue weighted by Crippen LogP contribution is -2.34. The molecular formula is C22H24N2O2. The Bertz CT molecular complexity index is 893. The van der Waals surface area contributed by atoms with Crippen molar-refractivity contribution in [2.45, 2.75) is 19.4 Å². The van der Waals surface area contributed by atoms with E-state index in [0.717, 1.165) is 43.4 Å². The van der Waals surface area contributed by atoms with Crippen LogP contribution in [-0.2, 0) is 11.3 Å². The Kier molecular flexibility index (Phi) is 4.65. The molecule has 0 unspecified atom stereocenters. The minimum atomic E-state index is -0.269. The van der Waals surface area contributed by atoms with Crippen molar-refractivity contribution in [2.24, 2.45) is 5.92 Å². The predicted octanol–water partition coefficient (Wildman–Crippen LogP) is 4.34. The normalized spacial score (nSPS) is 15.3. The number of carbonyl (C=O) groups excluding carboxylic acids is 1. The molecule has 4 rings (SSSR count). The average Bonchev–Trinajstić information content (AvgIpc) is 3.11. The van der Waals surface area contributed by atoms with Gasteiger partial charge < -0.3 is 14.2 Å². The summed E-state index contributed by atoms with van der Waals surface area (Å²) in [5, 5.41) is 1.09. The molecule has 0 radical (unpaired) electrons. The lowest BCUT2D eigenvalue weighted by atomic mass is 9.96. The van der Waals surface area contributed by atoms with Crippen LogP contribution in [0.25, 0.3) is 10.9 Å². The molecule has 1 fully saturated rings. The van der Waals surface area contributed by atoms with Crippen LogP contribution in [0.3, 0.4) is 0 Å². The summed E-state index contributed by atoms with van der Waals surface area (Å²) >= 11 is 0. The quantitative estimate of drug-likeness (QED) is 0.658. The number of piperidine rings is 1. The van der Waals surface area contributed by atoms with Crippen LogP contribution in [0.15, 0.2) is 60.8 Å². The smallest absolute Gasteiger partial charge is 0.340 e. The van der Waals surface area contributed by atoms with Crippen molar-refractivity contribution in [3.63, 3.8) is 0 Å². The minimum absolute atomic E-state index is 0.269. The Morgan fingerprint density at radius 1 is 1.04 bits per heavy atom. The lowest BCUT2D eigenvalue weighted by Gasteiger charge is -2.34. The van der Waals surface area contributed by atoms with E-state index in [1.807, 2.05) is 12.1 Å². The largest absolute Gasteiger partial charge is 0.465 e. The van der Waals surface area contributed by atoms with Gasteiger partial charge >= 0.3 is 5.97 Å². The summed E-state index contributed by atoms with van der Waals surface area (Å²) in [5.41, 5.74) is 2.95. The number of aromatic nitrogens is 1. The average molecular weight is 348 g/mol. The van der Waals surface area contributed by atoms with Crippen LogP contribution >= 0.6 is 0 Å². The standard InChI is InChI=1S/C22H24N2O2/c1-26-22(25)20-9-5-6-18-12-15-24(21(18)20)16-17-10-13-23(14-11-17)19-7-3-2-4-8-19/h2-9,12,15,17H,10-11,13-14,16H2,1H3. The number of fused-ring (bicyclic) bond motifs is 1. The molecule has 0 atom stereocenters. The molecule has 2 heterocycles. The third-order valence-electron chi connectivity index (χ3n) is 5.38. The van der Waals surface area contributed by atoms with E-state index in [-0.39, 0.29) is 5.97 Å². The molecule has 134 valence electrons. The Labute approximate surface area is 154 Å². The monoisotopic (exact) mass is 348 g/mol. The highest BCUT2D eigenvalue weighted by Crippen LogP contribution is 2.27. The van der Waals surface area contributed by atoms with Crippen molar-refractivity contribution >= 4 is 22.6 Å². The fourth-order valence-corrected chi connectivity index (χ4v) is 3.98. The maximum atomic E-state index is 12.1. The van der Waals surface area contributed by atoms with E-state index in [1.54, 1.807) is 0 Å². The summed E-state index contributed by atoms with van der Waals surface area (Å²) in [5.74, 6) is 0.353. The second-order valence-electron chi connectivity index (χ2n) is 6.97. The number of carbonyl (C=O) groups is 1. The summed E-state index contributed by atoms with van der Waals surface area (Å²) < 4.78 is 7.19. The summed E-state index contributed by atoms with van der Waals surface area (Å²) in [6.07, 6.45) is 4.42. The first-order valence-corrected chi connectivity index (χ1v) is 9.22. The number of rotatable bonds is 4. The van der Waals surface area contributed by atoms with Gasteiger partial charge in [-0.25, -0.2) is 4.79 Å². The first-order chi connectivity index (χ1) is 12.8. The summed E-state index contributed by atoms with van der Waals surface area (Å²) in [4.78, 5) is 14.6. The highest BCUT2D eigenvalue weighted by atomic mass is 16.5. The Morgan fingerprint density at radius 2 is 1.81 bits per heavy atom.